The number of carbonyl (C=O) groups is 2. The van der Waals surface area contributed by atoms with E-state index in [1.54, 1.807) is 17.0 Å². The predicted molar refractivity (Wildman–Crippen MR) is 126 cm³/mol. The highest BCUT2D eigenvalue weighted by Crippen LogP contribution is 2.27. The van der Waals surface area contributed by atoms with Crippen LogP contribution >= 0.6 is 11.6 Å². The van der Waals surface area contributed by atoms with Crippen LogP contribution in [0.3, 0.4) is 0 Å². The molecule has 0 radical (unpaired) electrons. The van der Waals surface area contributed by atoms with Crippen LogP contribution in [0.25, 0.3) is 11.1 Å². The van der Waals surface area contributed by atoms with E-state index >= 15 is 0 Å². The number of amides is 2. The van der Waals surface area contributed by atoms with Gasteiger partial charge in [0, 0.05) is 22.8 Å². The molecule has 3 aromatic rings. The number of carbonyl (C=O) groups excluding carboxylic acids is 2. The van der Waals surface area contributed by atoms with Gasteiger partial charge in [-0.2, -0.15) is 0 Å². The maximum Gasteiger partial charge on any atom is 0.238 e. The highest BCUT2D eigenvalue weighted by atomic mass is 35.5. The molecule has 0 spiro atoms. The smallest absolute Gasteiger partial charge is 0.238 e. The molecule has 31 heavy (non-hydrogen) atoms. The van der Waals surface area contributed by atoms with E-state index in [1.165, 1.54) is 0 Å². The van der Waals surface area contributed by atoms with Crippen LogP contribution in [0.4, 0.5) is 5.69 Å². The zero-order chi connectivity index (χ0) is 22.1. The van der Waals surface area contributed by atoms with Crippen LogP contribution in [0.15, 0.2) is 78.9 Å². The first-order valence-electron chi connectivity index (χ1n) is 10.2. The minimum absolute atomic E-state index is 0.130. The molecule has 0 bridgehead atoms. The lowest BCUT2D eigenvalue weighted by atomic mass is 10.0. The molecule has 0 aliphatic rings. The molecule has 3 rings (SSSR count). The first-order chi connectivity index (χ1) is 15.0. The standard InChI is InChI=1S/C25H26ClN3O2/c1-2-29(17-24(30)27-16-19-12-14-21(26)15-13-19)18-25(31)28-23-11-7-6-10-22(23)20-8-4-3-5-9-20/h3-15H,2,16-18H2,1H3,(H,27,30)(H,28,31). The van der Waals surface area contributed by atoms with Crippen molar-refractivity contribution in [1.29, 1.82) is 0 Å². The average molecular weight is 436 g/mol. The summed E-state index contributed by atoms with van der Waals surface area (Å²) in [5, 5.41) is 6.53. The van der Waals surface area contributed by atoms with E-state index in [9.17, 15) is 9.59 Å². The van der Waals surface area contributed by atoms with E-state index in [0.717, 1.165) is 22.4 Å². The first kappa shape index (κ1) is 22.5. The van der Waals surface area contributed by atoms with E-state index in [2.05, 4.69) is 10.6 Å². The number of nitrogens with zero attached hydrogens (tertiary/aromatic N) is 1. The molecule has 160 valence electrons. The van der Waals surface area contributed by atoms with Crippen molar-refractivity contribution in [3.8, 4) is 11.1 Å². The first-order valence-corrected chi connectivity index (χ1v) is 10.6. The normalized spacial score (nSPS) is 10.7. The highest BCUT2D eigenvalue weighted by molar-refractivity contribution is 6.30. The summed E-state index contributed by atoms with van der Waals surface area (Å²) in [6.45, 7) is 3.22. The SMILES string of the molecule is CCN(CC(=O)NCc1ccc(Cl)cc1)CC(=O)Nc1ccccc1-c1ccccc1. The Balaban J connectivity index is 1.54. The van der Waals surface area contributed by atoms with Gasteiger partial charge < -0.3 is 10.6 Å². The number of halogens is 1. The molecule has 5 nitrogen and oxygen atoms in total. The van der Waals surface area contributed by atoms with Gasteiger partial charge >= 0.3 is 0 Å². The zero-order valence-corrected chi connectivity index (χ0v) is 18.2. The molecule has 0 aliphatic heterocycles. The highest BCUT2D eigenvalue weighted by Gasteiger charge is 2.14. The third-order valence-corrected chi connectivity index (χ3v) is 5.12. The molecular weight excluding hydrogens is 410 g/mol. The Kier molecular flexibility index (Phi) is 8.21. The second kappa shape index (κ2) is 11.3. The number of hydrogen-bond donors (Lipinski definition) is 2. The summed E-state index contributed by atoms with van der Waals surface area (Å²) in [6, 6.07) is 24.9. The molecule has 0 atom stereocenters. The Morgan fingerprint density at radius 1 is 0.839 bits per heavy atom. The Morgan fingerprint density at radius 3 is 2.19 bits per heavy atom. The molecule has 2 amide bonds. The third kappa shape index (κ3) is 6.95. The Labute approximate surface area is 188 Å². The largest absolute Gasteiger partial charge is 0.351 e. The van der Waals surface area contributed by atoms with Gasteiger partial charge in [-0.15, -0.1) is 0 Å². The van der Waals surface area contributed by atoms with E-state index < -0.39 is 0 Å². The van der Waals surface area contributed by atoms with Crippen molar-refractivity contribution >= 4 is 29.1 Å². The quantitative estimate of drug-likeness (QED) is 0.517. The van der Waals surface area contributed by atoms with Crippen molar-refractivity contribution in [3.05, 3.63) is 89.4 Å². The molecule has 0 saturated heterocycles. The van der Waals surface area contributed by atoms with Crippen LogP contribution in [0.2, 0.25) is 5.02 Å². The number of likely N-dealkylation sites (N-methyl/N-ethyl adjacent to an activating group) is 1. The van der Waals surface area contributed by atoms with Gasteiger partial charge in [0.05, 0.1) is 13.1 Å². The van der Waals surface area contributed by atoms with E-state index in [-0.39, 0.29) is 24.9 Å². The molecule has 0 fully saturated rings. The number of anilines is 1. The topological polar surface area (TPSA) is 61.4 Å². The number of hydrogen-bond acceptors (Lipinski definition) is 3. The number of para-hydroxylation sites is 1. The monoisotopic (exact) mass is 435 g/mol. The summed E-state index contributed by atoms with van der Waals surface area (Å²) in [4.78, 5) is 26.8. The summed E-state index contributed by atoms with van der Waals surface area (Å²) in [5.41, 5.74) is 3.71. The summed E-state index contributed by atoms with van der Waals surface area (Å²) in [7, 11) is 0. The Hall–Kier alpha value is -3.15. The zero-order valence-electron chi connectivity index (χ0n) is 17.5. The molecular formula is C25H26ClN3O2. The van der Waals surface area contributed by atoms with Crippen LogP contribution in [-0.4, -0.2) is 36.3 Å². The fourth-order valence-corrected chi connectivity index (χ4v) is 3.32. The van der Waals surface area contributed by atoms with Gasteiger partial charge in [0.2, 0.25) is 11.8 Å². The summed E-state index contributed by atoms with van der Waals surface area (Å²) < 4.78 is 0. The van der Waals surface area contributed by atoms with Crippen molar-refractivity contribution in [2.45, 2.75) is 13.5 Å². The minimum Gasteiger partial charge on any atom is -0.351 e. The van der Waals surface area contributed by atoms with Crippen molar-refractivity contribution in [3.63, 3.8) is 0 Å². The average Bonchev–Trinajstić information content (AvgIpc) is 2.79. The summed E-state index contributed by atoms with van der Waals surface area (Å²) in [6.07, 6.45) is 0. The number of nitrogens with one attached hydrogen (secondary N) is 2. The van der Waals surface area contributed by atoms with Crippen molar-refractivity contribution < 1.29 is 9.59 Å². The molecule has 3 aromatic carbocycles. The van der Waals surface area contributed by atoms with Crippen molar-refractivity contribution in [2.24, 2.45) is 0 Å². The fourth-order valence-electron chi connectivity index (χ4n) is 3.20. The number of rotatable bonds is 9. The Bertz CT molecular complexity index is 1010. The lowest BCUT2D eigenvalue weighted by Gasteiger charge is -2.20. The van der Waals surface area contributed by atoms with E-state index in [1.807, 2.05) is 73.7 Å². The molecule has 2 N–H and O–H groups in total. The van der Waals surface area contributed by atoms with Gasteiger partial charge in [-0.1, -0.05) is 79.2 Å². The lowest BCUT2D eigenvalue weighted by Crippen LogP contribution is -2.40. The Morgan fingerprint density at radius 2 is 1.48 bits per heavy atom. The van der Waals surface area contributed by atoms with Gasteiger partial charge in [-0.05, 0) is 35.9 Å². The van der Waals surface area contributed by atoms with Gasteiger partial charge in [-0.3, -0.25) is 14.5 Å². The molecule has 0 heterocycles. The molecule has 0 aliphatic carbocycles. The van der Waals surface area contributed by atoms with Gasteiger partial charge in [0.1, 0.15) is 0 Å². The van der Waals surface area contributed by atoms with Crippen LogP contribution < -0.4 is 10.6 Å². The third-order valence-electron chi connectivity index (χ3n) is 4.87. The number of benzene rings is 3. The lowest BCUT2D eigenvalue weighted by molar-refractivity contribution is -0.123. The van der Waals surface area contributed by atoms with Gasteiger partial charge in [0.15, 0.2) is 0 Å². The summed E-state index contributed by atoms with van der Waals surface area (Å²) in [5.74, 6) is -0.287. The van der Waals surface area contributed by atoms with E-state index in [0.29, 0.717) is 18.1 Å². The maximum absolute atomic E-state index is 12.7. The second-order valence-electron chi connectivity index (χ2n) is 7.17. The maximum atomic E-state index is 12.7. The molecule has 6 heteroatoms. The summed E-state index contributed by atoms with van der Waals surface area (Å²) >= 11 is 5.88. The van der Waals surface area contributed by atoms with Crippen LogP contribution in [-0.2, 0) is 16.1 Å². The molecule has 0 aromatic heterocycles. The van der Waals surface area contributed by atoms with E-state index in [4.69, 9.17) is 11.6 Å². The van der Waals surface area contributed by atoms with Crippen LogP contribution in [0.1, 0.15) is 12.5 Å². The van der Waals surface area contributed by atoms with Crippen LogP contribution in [0, 0.1) is 0 Å². The predicted octanol–water partition coefficient (Wildman–Crippen LogP) is 4.58. The van der Waals surface area contributed by atoms with Crippen molar-refractivity contribution in [1.82, 2.24) is 10.2 Å². The second-order valence-corrected chi connectivity index (χ2v) is 7.60. The minimum atomic E-state index is -0.157. The van der Waals surface area contributed by atoms with Crippen LogP contribution in [0.5, 0.6) is 0 Å². The van der Waals surface area contributed by atoms with Gasteiger partial charge in [-0.25, -0.2) is 0 Å². The molecule has 0 unspecified atom stereocenters. The fraction of sp³-hybridized carbons (Fsp3) is 0.200. The van der Waals surface area contributed by atoms with Gasteiger partial charge in [0.25, 0.3) is 0 Å². The molecule has 0 saturated carbocycles. The van der Waals surface area contributed by atoms with Crippen molar-refractivity contribution in [2.75, 3.05) is 25.0 Å².